The van der Waals surface area contributed by atoms with Crippen LogP contribution in [0.4, 0.5) is 10.1 Å². The van der Waals surface area contributed by atoms with E-state index in [1.807, 2.05) is 18.2 Å². The molecule has 1 atom stereocenters. The molecule has 0 spiro atoms. The fraction of sp³-hybridized carbons (Fsp3) is 0.304. The molecular weight excluding hydrogens is 367 g/mol. The average molecular weight is 390 g/mol. The fourth-order valence-corrected chi connectivity index (χ4v) is 4.44. The predicted octanol–water partition coefficient (Wildman–Crippen LogP) is 3.43. The molecule has 3 aromatic rings. The van der Waals surface area contributed by atoms with Crippen molar-refractivity contribution in [1.29, 1.82) is 0 Å². The standard InChI is InChI=1S/C23H23FN4O/c24-17-4-7-18(8-5-17)27-10-12-28(13-11-27)19-6-3-16(14-19)21-15-22-20(23(29)26-21)2-1-9-25-22/h1-2,4-5,7-9,14-15,19H,3,6,10-13H2,(H,26,29). The Morgan fingerprint density at radius 2 is 1.86 bits per heavy atom. The van der Waals surface area contributed by atoms with Crippen molar-refractivity contribution in [3.63, 3.8) is 0 Å². The largest absolute Gasteiger partial charge is 0.369 e. The zero-order valence-corrected chi connectivity index (χ0v) is 16.1. The van der Waals surface area contributed by atoms with Crippen LogP contribution in [0, 0.1) is 5.82 Å². The molecular formula is C23H23FN4O. The first-order valence-electron chi connectivity index (χ1n) is 10.1. The first-order chi connectivity index (χ1) is 14.2. The quantitative estimate of drug-likeness (QED) is 0.745. The van der Waals surface area contributed by atoms with Gasteiger partial charge in [0.25, 0.3) is 5.56 Å². The molecule has 1 saturated heterocycles. The fourth-order valence-electron chi connectivity index (χ4n) is 4.44. The monoisotopic (exact) mass is 390 g/mol. The molecule has 0 bridgehead atoms. The molecule has 2 aromatic heterocycles. The first kappa shape index (κ1) is 18.1. The van der Waals surface area contributed by atoms with Gasteiger partial charge in [-0.25, -0.2) is 4.39 Å². The van der Waals surface area contributed by atoms with Crippen molar-refractivity contribution in [1.82, 2.24) is 14.9 Å². The number of H-pyrrole nitrogens is 1. The number of nitrogens with one attached hydrogen (secondary N) is 1. The van der Waals surface area contributed by atoms with Crippen LogP contribution in [-0.4, -0.2) is 47.1 Å². The number of benzene rings is 1. The molecule has 1 aromatic carbocycles. The van der Waals surface area contributed by atoms with Crippen LogP contribution in [0.3, 0.4) is 0 Å². The maximum Gasteiger partial charge on any atom is 0.257 e. The zero-order chi connectivity index (χ0) is 19.8. The van der Waals surface area contributed by atoms with Gasteiger partial charge in [-0.3, -0.25) is 14.7 Å². The second kappa shape index (κ2) is 7.44. The van der Waals surface area contributed by atoms with E-state index < -0.39 is 0 Å². The minimum atomic E-state index is -0.196. The number of halogens is 1. The molecule has 2 aliphatic rings. The van der Waals surface area contributed by atoms with E-state index in [2.05, 4.69) is 25.8 Å². The summed E-state index contributed by atoms with van der Waals surface area (Å²) in [4.78, 5) is 24.5. The lowest BCUT2D eigenvalue weighted by Crippen LogP contribution is -2.49. The first-order valence-corrected chi connectivity index (χ1v) is 10.1. The molecule has 148 valence electrons. The van der Waals surface area contributed by atoms with Crippen LogP contribution < -0.4 is 10.5 Å². The van der Waals surface area contributed by atoms with Gasteiger partial charge in [0, 0.05) is 49.8 Å². The lowest BCUT2D eigenvalue weighted by Gasteiger charge is -2.38. The van der Waals surface area contributed by atoms with Crippen molar-refractivity contribution in [3.05, 3.63) is 76.6 Å². The third-order valence-corrected chi connectivity index (χ3v) is 6.04. The smallest absolute Gasteiger partial charge is 0.257 e. The molecule has 0 amide bonds. The van der Waals surface area contributed by atoms with E-state index in [4.69, 9.17) is 0 Å². The highest BCUT2D eigenvalue weighted by Crippen LogP contribution is 2.31. The number of pyridine rings is 2. The Kier molecular flexibility index (Phi) is 4.64. The maximum atomic E-state index is 13.1. The summed E-state index contributed by atoms with van der Waals surface area (Å²) >= 11 is 0. The summed E-state index contributed by atoms with van der Waals surface area (Å²) in [5.41, 5.74) is 3.82. The van der Waals surface area contributed by atoms with Gasteiger partial charge in [-0.05, 0) is 60.9 Å². The van der Waals surface area contributed by atoms with Crippen molar-refractivity contribution in [2.75, 3.05) is 31.1 Å². The van der Waals surface area contributed by atoms with Gasteiger partial charge in [0.05, 0.1) is 10.9 Å². The normalized spacial score (nSPS) is 20.2. The molecule has 1 aliphatic heterocycles. The van der Waals surface area contributed by atoms with Crippen LogP contribution in [0.5, 0.6) is 0 Å². The molecule has 3 heterocycles. The van der Waals surface area contributed by atoms with Gasteiger partial charge in [0.15, 0.2) is 0 Å². The molecule has 6 heteroatoms. The summed E-state index contributed by atoms with van der Waals surface area (Å²) < 4.78 is 13.1. The summed E-state index contributed by atoms with van der Waals surface area (Å²) in [6.45, 7) is 3.81. The molecule has 5 nitrogen and oxygen atoms in total. The summed E-state index contributed by atoms with van der Waals surface area (Å²) in [6.07, 6.45) is 6.04. The number of aromatic nitrogens is 2. The van der Waals surface area contributed by atoms with E-state index in [0.717, 1.165) is 55.9 Å². The molecule has 5 rings (SSSR count). The Morgan fingerprint density at radius 1 is 1.07 bits per heavy atom. The van der Waals surface area contributed by atoms with Gasteiger partial charge in [0.1, 0.15) is 5.82 Å². The third kappa shape index (κ3) is 3.56. The zero-order valence-electron chi connectivity index (χ0n) is 16.1. The van der Waals surface area contributed by atoms with Crippen molar-refractivity contribution in [2.24, 2.45) is 0 Å². The van der Waals surface area contributed by atoms with E-state index in [1.54, 1.807) is 18.3 Å². The van der Waals surface area contributed by atoms with E-state index in [1.165, 1.54) is 17.7 Å². The Balaban J connectivity index is 1.29. The SMILES string of the molecule is O=c1[nH]c(C2=CC(N3CCN(c4ccc(F)cc4)CC3)CC2)cc2ncccc12. The van der Waals surface area contributed by atoms with Crippen LogP contribution in [0.2, 0.25) is 0 Å². The van der Waals surface area contributed by atoms with Crippen molar-refractivity contribution in [2.45, 2.75) is 18.9 Å². The Bertz CT molecular complexity index is 1110. The molecule has 0 saturated carbocycles. The molecule has 1 N–H and O–H groups in total. The Hall–Kier alpha value is -2.99. The van der Waals surface area contributed by atoms with Crippen LogP contribution in [0.1, 0.15) is 18.5 Å². The van der Waals surface area contributed by atoms with Crippen molar-refractivity contribution in [3.8, 4) is 0 Å². The summed E-state index contributed by atoms with van der Waals surface area (Å²) in [5, 5.41) is 0.628. The molecule has 1 aliphatic carbocycles. The number of nitrogens with zero attached hydrogens (tertiary/aromatic N) is 3. The number of hydrogen-bond acceptors (Lipinski definition) is 4. The van der Waals surface area contributed by atoms with Gasteiger partial charge in [0.2, 0.25) is 0 Å². The minimum Gasteiger partial charge on any atom is -0.369 e. The maximum absolute atomic E-state index is 13.1. The van der Waals surface area contributed by atoms with Crippen LogP contribution >= 0.6 is 0 Å². The number of piperazine rings is 1. The Labute approximate surface area is 168 Å². The van der Waals surface area contributed by atoms with Gasteiger partial charge >= 0.3 is 0 Å². The second-order valence-electron chi connectivity index (χ2n) is 7.75. The molecule has 1 fully saturated rings. The van der Waals surface area contributed by atoms with Gasteiger partial charge in [-0.15, -0.1) is 0 Å². The molecule has 29 heavy (non-hydrogen) atoms. The van der Waals surface area contributed by atoms with E-state index in [-0.39, 0.29) is 11.4 Å². The highest BCUT2D eigenvalue weighted by molar-refractivity contribution is 5.81. The van der Waals surface area contributed by atoms with Crippen molar-refractivity contribution < 1.29 is 4.39 Å². The highest BCUT2D eigenvalue weighted by Gasteiger charge is 2.27. The van der Waals surface area contributed by atoms with Crippen LogP contribution in [-0.2, 0) is 0 Å². The number of anilines is 1. The lowest BCUT2D eigenvalue weighted by molar-refractivity contribution is 0.214. The van der Waals surface area contributed by atoms with Gasteiger partial charge in [-0.1, -0.05) is 6.08 Å². The number of hydrogen-bond donors (Lipinski definition) is 1. The summed E-state index contributed by atoms with van der Waals surface area (Å²) in [5.74, 6) is -0.196. The van der Waals surface area contributed by atoms with E-state index in [0.29, 0.717) is 11.4 Å². The topological polar surface area (TPSA) is 52.2 Å². The molecule has 1 unspecified atom stereocenters. The number of rotatable bonds is 3. The minimum absolute atomic E-state index is 0.0807. The Morgan fingerprint density at radius 3 is 2.66 bits per heavy atom. The van der Waals surface area contributed by atoms with Crippen LogP contribution in [0.25, 0.3) is 16.5 Å². The summed E-state index contributed by atoms with van der Waals surface area (Å²) in [6, 6.07) is 12.7. The van der Waals surface area contributed by atoms with Gasteiger partial charge < -0.3 is 9.88 Å². The number of allylic oxidation sites excluding steroid dienone is 1. The average Bonchev–Trinajstić information content (AvgIpc) is 3.25. The van der Waals surface area contributed by atoms with Gasteiger partial charge in [-0.2, -0.15) is 0 Å². The summed E-state index contributed by atoms with van der Waals surface area (Å²) in [7, 11) is 0. The van der Waals surface area contributed by atoms with Crippen LogP contribution in [0.15, 0.2) is 59.5 Å². The number of fused-ring (bicyclic) bond motifs is 1. The lowest BCUT2D eigenvalue weighted by atomic mass is 10.1. The van der Waals surface area contributed by atoms with E-state index >= 15 is 0 Å². The van der Waals surface area contributed by atoms with E-state index in [9.17, 15) is 9.18 Å². The number of aromatic amines is 1. The highest BCUT2D eigenvalue weighted by atomic mass is 19.1. The second-order valence-corrected chi connectivity index (χ2v) is 7.75. The molecule has 0 radical (unpaired) electrons. The predicted molar refractivity (Wildman–Crippen MR) is 114 cm³/mol. The van der Waals surface area contributed by atoms with Crippen molar-refractivity contribution >= 4 is 22.2 Å². The third-order valence-electron chi connectivity index (χ3n) is 6.04.